The molecule has 1 fully saturated rings. The van der Waals surface area contributed by atoms with Crippen LogP contribution < -0.4 is 4.74 Å². The van der Waals surface area contributed by atoms with E-state index in [9.17, 15) is 14.9 Å². The van der Waals surface area contributed by atoms with Gasteiger partial charge in [-0.05, 0) is 56.2 Å². The number of nitrogens with zero attached hydrogens (tertiary/aromatic N) is 1. The van der Waals surface area contributed by atoms with Crippen molar-refractivity contribution in [2.45, 2.75) is 19.8 Å². The van der Waals surface area contributed by atoms with Crippen molar-refractivity contribution in [2.75, 3.05) is 6.61 Å². The van der Waals surface area contributed by atoms with Crippen molar-refractivity contribution in [3.05, 3.63) is 79.3 Å². The van der Waals surface area contributed by atoms with E-state index in [1.54, 1.807) is 24.3 Å². The summed E-state index contributed by atoms with van der Waals surface area (Å²) in [7, 11) is 0. The highest BCUT2D eigenvalue weighted by Gasteiger charge is 2.24. The van der Waals surface area contributed by atoms with Gasteiger partial charge in [0.05, 0.1) is 17.1 Å². The van der Waals surface area contributed by atoms with Gasteiger partial charge in [0.15, 0.2) is 5.78 Å². The number of Topliss-reactive ketones (excluding diaryl/α,β-unsaturated/α-hetero) is 1. The van der Waals surface area contributed by atoms with E-state index >= 15 is 0 Å². The number of ketones is 1. The van der Waals surface area contributed by atoms with E-state index < -0.39 is 4.92 Å². The molecule has 0 N–H and O–H groups in total. The molecule has 3 rings (SSSR count). The molecule has 0 atom stereocenters. The summed E-state index contributed by atoms with van der Waals surface area (Å²) in [5.74, 6) is 0.646. The summed E-state index contributed by atoms with van der Waals surface area (Å²) in [4.78, 5) is 23.5. The predicted octanol–water partition coefficient (Wildman–Crippen LogP) is 5.59. The number of carbonyl (C=O) groups is 1. The molecule has 27 heavy (non-hydrogen) atoms. The molecule has 0 unspecified atom stereocenters. The number of para-hydroxylation sites is 1. The summed E-state index contributed by atoms with van der Waals surface area (Å²) >= 11 is 3.44. The number of allylic oxidation sites excluding steroid dienone is 2. The maximum atomic E-state index is 12.8. The maximum Gasteiger partial charge on any atom is 0.276 e. The average Bonchev–Trinajstić information content (AvgIpc) is 2.98. The van der Waals surface area contributed by atoms with Gasteiger partial charge >= 0.3 is 0 Å². The van der Waals surface area contributed by atoms with Gasteiger partial charge in [-0.25, -0.2) is 0 Å². The highest BCUT2D eigenvalue weighted by atomic mass is 79.9. The second kappa shape index (κ2) is 8.31. The van der Waals surface area contributed by atoms with Gasteiger partial charge in [0, 0.05) is 27.2 Å². The summed E-state index contributed by atoms with van der Waals surface area (Å²) in [6.45, 7) is 2.45. The van der Waals surface area contributed by atoms with Gasteiger partial charge in [-0.15, -0.1) is 0 Å². The lowest BCUT2D eigenvalue weighted by molar-refractivity contribution is -0.385. The minimum Gasteiger partial charge on any atom is -0.493 e. The lowest BCUT2D eigenvalue weighted by atomic mass is 10.1. The Morgan fingerprint density at radius 1 is 1.11 bits per heavy atom. The van der Waals surface area contributed by atoms with Gasteiger partial charge in [0.2, 0.25) is 0 Å². The number of hydrogen-bond acceptors (Lipinski definition) is 4. The van der Waals surface area contributed by atoms with E-state index in [-0.39, 0.29) is 11.5 Å². The van der Waals surface area contributed by atoms with Gasteiger partial charge in [-0.1, -0.05) is 28.1 Å². The molecule has 5 nitrogen and oxygen atoms in total. The summed E-state index contributed by atoms with van der Waals surface area (Å²) < 4.78 is 6.54. The first-order valence-electron chi connectivity index (χ1n) is 8.61. The highest BCUT2D eigenvalue weighted by Crippen LogP contribution is 2.33. The molecule has 0 amide bonds. The Kier molecular flexibility index (Phi) is 5.86. The fourth-order valence-corrected chi connectivity index (χ4v) is 3.43. The molecule has 1 aliphatic rings. The van der Waals surface area contributed by atoms with E-state index in [0.29, 0.717) is 36.2 Å². The predicted molar refractivity (Wildman–Crippen MR) is 109 cm³/mol. The molecule has 6 heteroatoms. The number of halogens is 1. The fraction of sp³-hybridized carbons (Fsp3) is 0.190. The molecule has 1 saturated carbocycles. The van der Waals surface area contributed by atoms with Crippen LogP contribution in [0.4, 0.5) is 5.69 Å². The van der Waals surface area contributed by atoms with Gasteiger partial charge in [0.25, 0.3) is 5.69 Å². The SMILES string of the molecule is CCOc1ccc(Br)cc1/C=C1\CC/C(=C\c2ccccc2[N+](=O)[O-])C1=O. The quantitative estimate of drug-likeness (QED) is 0.354. The number of carbonyl (C=O) groups excluding carboxylic acids is 1. The van der Waals surface area contributed by atoms with Crippen LogP contribution in [-0.4, -0.2) is 17.3 Å². The molecule has 0 saturated heterocycles. The molecule has 0 heterocycles. The van der Waals surface area contributed by atoms with Crippen LogP contribution in [0.15, 0.2) is 58.1 Å². The fourth-order valence-electron chi connectivity index (χ4n) is 3.05. The van der Waals surface area contributed by atoms with Crippen molar-refractivity contribution >= 4 is 39.6 Å². The van der Waals surface area contributed by atoms with Crippen LogP contribution in [-0.2, 0) is 4.79 Å². The Morgan fingerprint density at radius 2 is 1.78 bits per heavy atom. The Morgan fingerprint density at radius 3 is 2.44 bits per heavy atom. The van der Waals surface area contributed by atoms with Crippen molar-refractivity contribution in [2.24, 2.45) is 0 Å². The first-order valence-corrected chi connectivity index (χ1v) is 9.40. The zero-order valence-corrected chi connectivity index (χ0v) is 16.4. The molecule has 2 aromatic carbocycles. The third-order valence-corrected chi connectivity index (χ3v) is 4.80. The number of hydrogen-bond donors (Lipinski definition) is 0. The van der Waals surface area contributed by atoms with Crippen molar-refractivity contribution in [1.82, 2.24) is 0 Å². The van der Waals surface area contributed by atoms with E-state index in [1.807, 2.05) is 31.2 Å². The second-order valence-electron chi connectivity index (χ2n) is 6.10. The van der Waals surface area contributed by atoms with E-state index in [2.05, 4.69) is 15.9 Å². The molecule has 0 aromatic heterocycles. The van der Waals surface area contributed by atoms with Crippen LogP contribution >= 0.6 is 15.9 Å². The number of ether oxygens (including phenoxy) is 1. The monoisotopic (exact) mass is 427 g/mol. The summed E-state index contributed by atoms with van der Waals surface area (Å²) in [5.41, 5.74) is 2.55. The Bertz CT molecular complexity index is 962. The van der Waals surface area contributed by atoms with Crippen LogP contribution in [0.5, 0.6) is 5.75 Å². The molecular weight excluding hydrogens is 410 g/mol. The van der Waals surface area contributed by atoms with Crippen LogP contribution in [0.3, 0.4) is 0 Å². The number of nitro benzene ring substituents is 1. The summed E-state index contributed by atoms with van der Waals surface area (Å²) in [5, 5.41) is 11.2. The van der Waals surface area contributed by atoms with Crippen LogP contribution in [0.25, 0.3) is 12.2 Å². The Balaban J connectivity index is 1.93. The molecule has 0 aliphatic heterocycles. The number of rotatable bonds is 5. The summed E-state index contributed by atoms with van der Waals surface area (Å²) in [6.07, 6.45) is 4.64. The van der Waals surface area contributed by atoms with Gasteiger partial charge in [-0.3, -0.25) is 14.9 Å². The smallest absolute Gasteiger partial charge is 0.276 e. The van der Waals surface area contributed by atoms with E-state index in [1.165, 1.54) is 6.07 Å². The Labute approximate surface area is 165 Å². The molecule has 0 bridgehead atoms. The van der Waals surface area contributed by atoms with E-state index in [4.69, 9.17) is 4.74 Å². The van der Waals surface area contributed by atoms with Crippen molar-refractivity contribution < 1.29 is 14.5 Å². The largest absolute Gasteiger partial charge is 0.493 e. The van der Waals surface area contributed by atoms with Gasteiger partial charge < -0.3 is 4.74 Å². The lowest BCUT2D eigenvalue weighted by Crippen LogP contribution is -1.98. The Hall–Kier alpha value is -2.73. The second-order valence-corrected chi connectivity index (χ2v) is 7.02. The lowest BCUT2D eigenvalue weighted by Gasteiger charge is -2.08. The summed E-state index contributed by atoms with van der Waals surface area (Å²) in [6, 6.07) is 12.1. The zero-order valence-electron chi connectivity index (χ0n) is 14.8. The molecule has 1 aliphatic carbocycles. The zero-order chi connectivity index (χ0) is 19.4. The van der Waals surface area contributed by atoms with Crippen LogP contribution in [0.2, 0.25) is 0 Å². The third-order valence-electron chi connectivity index (χ3n) is 4.31. The molecule has 0 radical (unpaired) electrons. The van der Waals surface area contributed by atoms with E-state index in [0.717, 1.165) is 15.8 Å². The molecule has 138 valence electrons. The minimum atomic E-state index is -0.432. The molecule has 2 aromatic rings. The normalized spacial score (nSPS) is 16.9. The minimum absolute atomic E-state index is 0.000789. The maximum absolute atomic E-state index is 12.8. The van der Waals surface area contributed by atoms with Crippen LogP contribution in [0, 0.1) is 10.1 Å². The topological polar surface area (TPSA) is 69.4 Å². The van der Waals surface area contributed by atoms with Crippen molar-refractivity contribution in [3.63, 3.8) is 0 Å². The highest BCUT2D eigenvalue weighted by molar-refractivity contribution is 9.10. The molecule has 0 spiro atoms. The average molecular weight is 428 g/mol. The first kappa shape index (κ1) is 19.0. The number of nitro groups is 1. The third kappa shape index (κ3) is 4.34. The molecular formula is C21H18BrNO4. The van der Waals surface area contributed by atoms with Crippen molar-refractivity contribution in [1.29, 1.82) is 0 Å². The number of benzene rings is 2. The van der Waals surface area contributed by atoms with Gasteiger partial charge in [0.1, 0.15) is 5.75 Å². The van der Waals surface area contributed by atoms with Gasteiger partial charge in [-0.2, -0.15) is 0 Å². The van der Waals surface area contributed by atoms with Crippen molar-refractivity contribution in [3.8, 4) is 5.75 Å². The standard InChI is InChI=1S/C21H18BrNO4/c1-2-27-20-10-9-18(22)13-17(20)12-16-8-7-15(21(16)24)11-14-5-3-4-6-19(14)23(25)26/h3-6,9-13H,2,7-8H2,1H3/b15-11+,16-12+. The first-order chi connectivity index (χ1) is 13.0. The van der Waals surface area contributed by atoms with Crippen LogP contribution in [0.1, 0.15) is 30.9 Å².